The van der Waals surface area contributed by atoms with E-state index in [1.807, 2.05) is 0 Å². The number of hydrogen-bond donors (Lipinski definition) is 1. The van der Waals surface area contributed by atoms with Gasteiger partial charge in [0.2, 0.25) is 0 Å². The van der Waals surface area contributed by atoms with E-state index in [1.165, 1.54) is 0 Å². The SMILES string of the molecule is O=S(=O)(Cl)c1cnc(I)c(O)c1. The molecule has 0 atom stereocenters. The molecule has 66 valence electrons. The molecule has 1 aromatic rings. The van der Waals surface area contributed by atoms with E-state index < -0.39 is 9.05 Å². The van der Waals surface area contributed by atoms with Crippen LogP contribution in [0.25, 0.3) is 0 Å². The van der Waals surface area contributed by atoms with Crippen LogP contribution in [0.2, 0.25) is 0 Å². The Bertz CT molecular complexity index is 405. The van der Waals surface area contributed by atoms with Crippen molar-refractivity contribution in [3.63, 3.8) is 0 Å². The summed E-state index contributed by atoms with van der Waals surface area (Å²) in [5.74, 6) is -0.197. The average molecular weight is 320 g/mol. The van der Waals surface area contributed by atoms with Crippen LogP contribution in [0, 0.1) is 3.70 Å². The number of rotatable bonds is 1. The maximum atomic E-state index is 10.7. The minimum absolute atomic E-state index is 0.197. The Morgan fingerprint density at radius 3 is 2.58 bits per heavy atom. The van der Waals surface area contributed by atoms with E-state index in [-0.39, 0.29) is 10.6 Å². The van der Waals surface area contributed by atoms with Gasteiger partial charge < -0.3 is 5.11 Å². The Kier molecular flexibility index (Phi) is 2.79. The Morgan fingerprint density at radius 2 is 2.17 bits per heavy atom. The third-order valence-corrected chi connectivity index (χ3v) is 3.23. The molecule has 4 nitrogen and oxygen atoms in total. The number of hydrogen-bond acceptors (Lipinski definition) is 4. The van der Waals surface area contributed by atoms with Crippen LogP contribution >= 0.6 is 33.3 Å². The zero-order valence-electron chi connectivity index (χ0n) is 5.53. The van der Waals surface area contributed by atoms with Gasteiger partial charge in [-0.2, -0.15) is 0 Å². The first-order chi connectivity index (χ1) is 5.41. The van der Waals surface area contributed by atoms with Crippen molar-refractivity contribution in [2.24, 2.45) is 0 Å². The van der Waals surface area contributed by atoms with Gasteiger partial charge in [-0.3, -0.25) is 0 Å². The molecule has 1 aromatic heterocycles. The van der Waals surface area contributed by atoms with E-state index in [0.29, 0.717) is 3.70 Å². The Labute approximate surface area is 87.1 Å². The first-order valence-corrected chi connectivity index (χ1v) is 6.09. The molecule has 1 heterocycles. The van der Waals surface area contributed by atoms with Gasteiger partial charge in [-0.1, -0.05) is 0 Å². The predicted molar refractivity (Wildman–Crippen MR) is 51.7 cm³/mol. The maximum Gasteiger partial charge on any atom is 0.262 e. The monoisotopic (exact) mass is 319 g/mol. The van der Waals surface area contributed by atoms with Crippen molar-refractivity contribution in [3.8, 4) is 5.75 Å². The van der Waals surface area contributed by atoms with E-state index in [9.17, 15) is 8.42 Å². The summed E-state index contributed by atoms with van der Waals surface area (Å²) in [5, 5.41) is 9.07. The van der Waals surface area contributed by atoms with Crippen LogP contribution in [0.1, 0.15) is 0 Å². The summed E-state index contributed by atoms with van der Waals surface area (Å²) in [5.41, 5.74) is 0. The van der Waals surface area contributed by atoms with Crippen molar-refractivity contribution in [1.82, 2.24) is 4.98 Å². The van der Waals surface area contributed by atoms with Gasteiger partial charge in [0.05, 0.1) is 0 Å². The van der Waals surface area contributed by atoms with Crippen LogP contribution in [-0.4, -0.2) is 18.5 Å². The van der Waals surface area contributed by atoms with Gasteiger partial charge in [0.15, 0.2) is 0 Å². The predicted octanol–water partition coefficient (Wildman–Crippen LogP) is 1.32. The van der Waals surface area contributed by atoms with Gasteiger partial charge in [-0.25, -0.2) is 13.4 Å². The highest BCUT2D eigenvalue weighted by atomic mass is 127. The lowest BCUT2D eigenvalue weighted by molar-refractivity contribution is 0.465. The smallest absolute Gasteiger partial charge is 0.262 e. The van der Waals surface area contributed by atoms with Gasteiger partial charge >= 0.3 is 0 Å². The number of aromatic nitrogens is 1. The average Bonchev–Trinajstić information content (AvgIpc) is 1.92. The topological polar surface area (TPSA) is 67.3 Å². The lowest BCUT2D eigenvalue weighted by Gasteiger charge is -1.97. The first-order valence-electron chi connectivity index (χ1n) is 2.70. The Balaban J connectivity index is 3.33. The second-order valence-corrected chi connectivity index (χ2v) is 5.51. The van der Waals surface area contributed by atoms with Gasteiger partial charge in [0.1, 0.15) is 14.3 Å². The number of aromatic hydroxyl groups is 1. The van der Waals surface area contributed by atoms with Crippen LogP contribution in [0.4, 0.5) is 0 Å². The third kappa shape index (κ3) is 2.20. The summed E-state index contributed by atoms with van der Waals surface area (Å²) >= 11 is 1.77. The molecule has 0 fully saturated rings. The molecule has 0 aliphatic rings. The molecule has 0 aromatic carbocycles. The summed E-state index contributed by atoms with van der Waals surface area (Å²) in [6, 6.07) is 1.05. The van der Waals surface area contributed by atoms with Crippen molar-refractivity contribution in [2.45, 2.75) is 4.90 Å². The van der Waals surface area contributed by atoms with Crippen LogP contribution in [0.3, 0.4) is 0 Å². The molecular formula is C5H3ClINO3S. The maximum absolute atomic E-state index is 10.7. The number of nitrogens with zero attached hydrogens (tertiary/aromatic N) is 1. The van der Waals surface area contributed by atoms with Gasteiger partial charge in [0, 0.05) is 22.9 Å². The summed E-state index contributed by atoms with van der Waals surface area (Å²) in [7, 11) is 1.21. The summed E-state index contributed by atoms with van der Waals surface area (Å²) in [6.07, 6.45) is 1.09. The summed E-state index contributed by atoms with van der Waals surface area (Å²) < 4.78 is 21.7. The van der Waals surface area contributed by atoms with Crippen LogP contribution in [0.5, 0.6) is 5.75 Å². The molecule has 0 amide bonds. The zero-order chi connectivity index (χ0) is 9.35. The Hall–Kier alpha value is -0.0800. The molecule has 1 N–H and O–H groups in total. The van der Waals surface area contributed by atoms with Crippen molar-refractivity contribution >= 4 is 42.3 Å². The van der Waals surface area contributed by atoms with Gasteiger partial charge in [0.25, 0.3) is 9.05 Å². The molecule has 0 spiro atoms. The number of halogens is 2. The van der Waals surface area contributed by atoms with E-state index in [2.05, 4.69) is 4.98 Å². The molecule has 1 rings (SSSR count). The number of pyridine rings is 1. The summed E-state index contributed by atoms with van der Waals surface area (Å²) in [4.78, 5) is 3.41. The fourth-order valence-corrected chi connectivity index (χ4v) is 1.53. The second kappa shape index (κ2) is 3.35. The van der Waals surface area contributed by atoms with Crippen molar-refractivity contribution in [2.75, 3.05) is 0 Å². The van der Waals surface area contributed by atoms with E-state index >= 15 is 0 Å². The second-order valence-electron chi connectivity index (χ2n) is 1.92. The molecule has 12 heavy (non-hydrogen) atoms. The minimum Gasteiger partial charge on any atom is -0.505 e. The molecule has 0 bridgehead atoms. The van der Waals surface area contributed by atoms with Gasteiger partial charge in [-0.15, -0.1) is 0 Å². The van der Waals surface area contributed by atoms with Crippen LogP contribution < -0.4 is 0 Å². The molecular weight excluding hydrogens is 316 g/mol. The normalized spacial score (nSPS) is 11.5. The van der Waals surface area contributed by atoms with Gasteiger partial charge in [-0.05, 0) is 22.6 Å². The Morgan fingerprint density at radius 1 is 1.58 bits per heavy atom. The third-order valence-electron chi connectivity index (χ3n) is 1.08. The molecule has 0 unspecified atom stereocenters. The van der Waals surface area contributed by atoms with E-state index in [4.69, 9.17) is 15.8 Å². The lowest BCUT2D eigenvalue weighted by Crippen LogP contribution is -1.92. The molecule has 0 aliphatic heterocycles. The van der Waals surface area contributed by atoms with E-state index in [0.717, 1.165) is 12.3 Å². The van der Waals surface area contributed by atoms with Crippen molar-refractivity contribution in [3.05, 3.63) is 16.0 Å². The highest BCUT2D eigenvalue weighted by molar-refractivity contribution is 14.1. The fourth-order valence-electron chi connectivity index (χ4n) is 0.551. The summed E-state index contributed by atoms with van der Waals surface area (Å²) in [6.45, 7) is 0. The molecule has 0 saturated carbocycles. The quantitative estimate of drug-likeness (QED) is 0.481. The highest BCUT2D eigenvalue weighted by Crippen LogP contribution is 2.22. The largest absolute Gasteiger partial charge is 0.505 e. The molecule has 0 aliphatic carbocycles. The fraction of sp³-hybridized carbons (Fsp3) is 0. The van der Waals surface area contributed by atoms with Crippen LogP contribution in [-0.2, 0) is 9.05 Å². The molecule has 0 saturated heterocycles. The lowest BCUT2D eigenvalue weighted by atomic mass is 10.5. The minimum atomic E-state index is -3.80. The molecule has 7 heteroatoms. The molecule has 0 radical (unpaired) electrons. The van der Waals surface area contributed by atoms with Crippen molar-refractivity contribution < 1.29 is 13.5 Å². The van der Waals surface area contributed by atoms with Crippen LogP contribution in [0.15, 0.2) is 17.2 Å². The zero-order valence-corrected chi connectivity index (χ0v) is 9.26. The standard InChI is InChI=1S/C5H3ClINO3S/c6-12(10,11)3-1-4(9)5(7)8-2-3/h1-2,9H. The first kappa shape index (κ1) is 10.0. The van der Waals surface area contributed by atoms with E-state index in [1.54, 1.807) is 22.6 Å². The highest BCUT2D eigenvalue weighted by Gasteiger charge is 2.12. The van der Waals surface area contributed by atoms with Crippen molar-refractivity contribution in [1.29, 1.82) is 0 Å².